The van der Waals surface area contributed by atoms with E-state index in [0.29, 0.717) is 23.9 Å². The first-order valence-electron chi connectivity index (χ1n) is 7.82. The number of hydrogen-bond acceptors (Lipinski definition) is 6. The van der Waals surface area contributed by atoms with Gasteiger partial charge in [-0.3, -0.25) is 4.72 Å². The van der Waals surface area contributed by atoms with Gasteiger partial charge < -0.3 is 14.8 Å². The number of ether oxygens (including phenoxy) is 2. The molecule has 2 rings (SSSR count). The van der Waals surface area contributed by atoms with E-state index < -0.39 is 10.0 Å². The molecule has 1 heterocycles. The molecule has 0 unspecified atom stereocenters. The average molecular weight is 365 g/mol. The van der Waals surface area contributed by atoms with E-state index in [9.17, 15) is 8.42 Å². The summed E-state index contributed by atoms with van der Waals surface area (Å²) in [5.74, 6) is 1.32. The van der Waals surface area contributed by atoms with Crippen LogP contribution in [0.15, 0.2) is 41.4 Å². The van der Waals surface area contributed by atoms with E-state index in [-0.39, 0.29) is 4.90 Å². The average Bonchev–Trinajstić information content (AvgIpc) is 2.60. The van der Waals surface area contributed by atoms with Crippen molar-refractivity contribution in [3.05, 3.63) is 42.1 Å². The standard InChI is InChI=1S/C17H23N3O4S/c1-13-11-15(6-7-16(13)24-3)25(21,22)20-14-5-8-17(19-12-14)18-9-4-10-23-2/h5-8,11-12,20H,4,9-10H2,1-3H3,(H,18,19). The number of aryl methyl sites for hydroxylation is 1. The molecular weight excluding hydrogens is 342 g/mol. The Morgan fingerprint density at radius 1 is 1.16 bits per heavy atom. The van der Waals surface area contributed by atoms with Crippen LogP contribution in [0, 0.1) is 6.92 Å². The summed E-state index contributed by atoms with van der Waals surface area (Å²) in [6.45, 7) is 3.20. The van der Waals surface area contributed by atoms with Gasteiger partial charge in [-0.15, -0.1) is 0 Å². The molecule has 0 saturated carbocycles. The van der Waals surface area contributed by atoms with E-state index in [4.69, 9.17) is 9.47 Å². The predicted octanol–water partition coefficient (Wildman–Crippen LogP) is 2.65. The van der Waals surface area contributed by atoms with Crippen molar-refractivity contribution in [1.29, 1.82) is 0 Å². The molecule has 2 N–H and O–H groups in total. The zero-order valence-corrected chi connectivity index (χ0v) is 15.4. The smallest absolute Gasteiger partial charge is 0.261 e. The highest BCUT2D eigenvalue weighted by Gasteiger charge is 2.15. The van der Waals surface area contributed by atoms with E-state index >= 15 is 0 Å². The summed E-state index contributed by atoms with van der Waals surface area (Å²) in [5, 5.41) is 3.14. The van der Waals surface area contributed by atoms with Crippen molar-refractivity contribution < 1.29 is 17.9 Å². The third-order valence-electron chi connectivity index (χ3n) is 3.52. The van der Waals surface area contributed by atoms with Crippen LogP contribution in [0.25, 0.3) is 0 Å². The monoisotopic (exact) mass is 365 g/mol. The highest BCUT2D eigenvalue weighted by molar-refractivity contribution is 7.92. The fraction of sp³-hybridized carbons (Fsp3) is 0.353. The molecule has 0 radical (unpaired) electrons. The molecule has 1 aromatic heterocycles. The highest BCUT2D eigenvalue weighted by Crippen LogP contribution is 2.23. The summed E-state index contributed by atoms with van der Waals surface area (Å²) in [7, 11) is -0.477. The lowest BCUT2D eigenvalue weighted by molar-refractivity contribution is 0.198. The lowest BCUT2D eigenvalue weighted by Crippen LogP contribution is -2.13. The van der Waals surface area contributed by atoms with E-state index in [0.717, 1.165) is 18.5 Å². The van der Waals surface area contributed by atoms with E-state index in [1.807, 2.05) is 0 Å². The van der Waals surface area contributed by atoms with Gasteiger partial charge in [-0.05, 0) is 49.2 Å². The molecule has 0 amide bonds. The van der Waals surface area contributed by atoms with Crippen molar-refractivity contribution in [3.8, 4) is 5.75 Å². The maximum absolute atomic E-state index is 12.5. The van der Waals surface area contributed by atoms with Crippen molar-refractivity contribution in [1.82, 2.24) is 4.98 Å². The second-order valence-corrected chi connectivity index (χ2v) is 7.12. The Hall–Kier alpha value is -2.32. The number of sulfonamides is 1. The van der Waals surface area contributed by atoms with Gasteiger partial charge in [0, 0.05) is 20.3 Å². The van der Waals surface area contributed by atoms with Crippen molar-refractivity contribution in [2.24, 2.45) is 0 Å². The normalized spacial score (nSPS) is 11.2. The molecule has 0 aliphatic carbocycles. The second kappa shape index (κ2) is 8.68. The fourth-order valence-electron chi connectivity index (χ4n) is 2.22. The molecule has 0 bridgehead atoms. The molecule has 0 atom stereocenters. The van der Waals surface area contributed by atoms with Crippen LogP contribution in [0.3, 0.4) is 0 Å². The van der Waals surface area contributed by atoms with Gasteiger partial charge in [0.1, 0.15) is 11.6 Å². The first-order chi connectivity index (χ1) is 12.0. The maximum atomic E-state index is 12.5. The Morgan fingerprint density at radius 3 is 2.56 bits per heavy atom. The Labute approximate surface area is 148 Å². The minimum absolute atomic E-state index is 0.174. The molecule has 1 aromatic carbocycles. The van der Waals surface area contributed by atoms with Gasteiger partial charge in [0.25, 0.3) is 10.0 Å². The van der Waals surface area contributed by atoms with Gasteiger partial charge in [-0.1, -0.05) is 0 Å². The number of hydrogen-bond donors (Lipinski definition) is 2. The third kappa shape index (κ3) is 5.33. The van der Waals surface area contributed by atoms with Crippen molar-refractivity contribution in [2.75, 3.05) is 37.4 Å². The Morgan fingerprint density at radius 2 is 1.96 bits per heavy atom. The molecule has 0 aliphatic heterocycles. The first-order valence-corrected chi connectivity index (χ1v) is 9.31. The fourth-order valence-corrected chi connectivity index (χ4v) is 3.35. The summed E-state index contributed by atoms with van der Waals surface area (Å²) in [6, 6.07) is 8.10. The molecule has 136 valence electrons. The lowest BCUT2D eigenvalue weighted by atomic mass is 10.2. The van der Waals surface area contributed by atoms with Gasteiger partial charge in [-0.2, -0.15) is 0 Å². The minimum Gasteiger partial charge on any atom is -0.496 e. The van der Waals surface area contributed by atoms with Crippen LogP contribution in [0.1, 0.15) is 12.0 Å². The molecule has 25 heavy (non-hydrogen) atoms. The number of nitrogens with zero attached hydrogens (tertiary/aromatic N) is 1. The van der Waals surface area contributed by atoms with E-state index in [1.165, 1.54) is 12.3 Å². The summed E-state index contributed by atoms with van der Waals surface area (Å²) >= 11 is 0. The van der Waals surface area contributed by atoms with Crippen LogP contribution in [-0.2, 0) is 14.8 Å². The zero-order valence-electron chi connectivity index (χ0n) is 14.6. The lowest BCUT2D eigenvalue weighted by Gasteiger charge is -2.11. The van der Waals surface area contributed by atoms with Gasteiger partial charge in [-0.25, -0.2) is 13.4 Å². The van der Waals surface area contributed by atoms with Crippen molar-refractivity contribution in [2.45, 2.75) is 18.2 Å². The van der Waals surface area contributed by atoms with Gasteiger partial charge in [0.05, 0.1) is 23.9 Å². The third-order valence-corrected chi connectivity index (χ3v) is 4.90. The molecule has 0 fully saturated rings. The number of pyridine rings is 1. The first kappa shape index (κ1) is 19.0. The topological polar surface area (TPSA) is 89.6 Å². The van der Waals surface area contributed by atoms with Crippen LogP contribution in [0.5, 0.6) is 5.75 Å². The molecule has 0 aliphatic rings. The quantitative estimate of drug-likeness (QED) is 0.664. The van der Waals surface area contributed by atoms with Crippen molar-refractivity contribution >= 4 is 21.5 Å². The van der Waals surface area contributed by atoms with Crippen LogP contribution in [0.2, 0.25) is 0 Å². The van der Waals surface area contributed by atoms with Gasteiger partial charge in [0.15, 0.2) is 0 Å². The SMILES string of the molecule is COCCCNc1ccc(NS(=O)(=O)c2ccc(OC)c(C)c2)cn1. The summed E-state index contributed by atoms with van der Waals surface area (Å²) in [5.41, 5.74) is 1.15. The largest absolute Gasteiger partial charge is 0.496 e. The predicted molar refractivity (Wildman–Crippen MR) is 97.8 cm³/mol. The van der Waals surface area contributed by atoms with Crippen molar-refractivity contribution in [3.63, 3.8) is 0 Å². The number of aromatic nitrogens is 1. The maximum Gasteiger partial charge on any atom is 0.261 e. The van der Waals surface area contributed by atoms with Crippen LogP contribution in [0.4, 0.5) is 11.5 Å². The molecular formula is C17H23N3O4S. The second-order valence-electron chi connectivity index (χ2n) is 5.44. The number of methoxy groups -OCH3 is 2. The number of anilines is 2. The van der Waals surface area contributed by atoms with E-state index in [1.54, 1.807) is 45.4 Å². The summed E-state index contributed by atoms with van der Waals surface area (Å²) in [4.78, 5) is 4.37. The molecule has 0 saturated heterocycles. The van der Waals surface area contributed by atoms with Crippen LogP contribution < -0.4 is 14.8 Å². The Balaban J connectivity index is 2.04. The van der Waals surface area contributed by atoms with Crippen LogP contribution >= 0.6 is 0 Å². The molecule has 2 aromatic rings. The Kier molecular flexibility index (Phi) is 6.60. The number of rotatable bonds is 9. The molecule has 0 spiro atoms. The number of benzene rings is 1. The van der Waals surface area contributed by atoms with Gasteiger partial charge in [0.2, 0.25) is 0 Å². The van der Waals surface area contributed by atoms with E-state index in [2.05, 4.69) is 15.0 Å². The van der Waals surface area contributed by atoms with Gasteiger partial charge >= 0.3 is 0 Å². The minimum atomic E-state index is -3.68. The highest BCUT2D eigenvalue weighted by atomic mass is 32.2. The summed E-state index contributed by atoms with van der Waals surface area (Å²) < 4.78 is 37.6. The summed E-state index contributed by atoms with van der Waals surface area (Å²) in [6.07, 6.45) is 2.34. The zero-order chi connectivity index (χ0) is 18.3. The molecule has 8 heteroatoms. The number of nitrogens with one attached hydrogen (secondary N) is 2. The molecule has 7 nitrogen and oxygen atoms in total. The Bertz CT molecular complexity index is 792. The van der Waals surface area contributed by atoms with Crippen LogP contribution in [-0.4, -0.2) is 40.8 Å².